The monoisotopic (exact) mass is 200 g/mol. The lowest BCUT2D eigenvalue weighted by molar-refractivity contribution is -0.140. The summed E-state index contributed by atoms with van der Waals surface area (Å²) < 4.78 is 0. The molecule has 78 valence electrons. The molecule has 2 amide bonds. The predicted octanol–water partition coefficient (Wildman–Crippen LogP) is -0.773. The normalized spacial score (nSPS) is 8.93. The van der Waals surface area contributed by atoms with Crippen LogP contribution in [0.1, 0.15) is 13.3 Å². The highest BCUT2D eigenvalue weighted by atomic mass is 16.4. The van der Waals surface area contributed by atoms with Crippen molar-refractivity contribution in [3.8, 4) is 0 Å². The Bertz CT molecular complexity index is 273. The molecular formula is C8H12N2O4. The molecule has 0 aliphatic rings. The molecule has 0 aromatic heterocycles. The Morgan fingerprint density at radius 1 is 1.29 bits per heavy atom. The van der Waals surface area contributed by atoms with Crippen LogP contribution in [0.5, 0.6) is 0 Å². The largest absolute Gasteiger partial charge is 0.481 e. The first kappa shape index (κ1) is 12.2. The lowest BCUT2D eigenvalue weighted by Crippen LogP contribution is -2.38. The van der Waals surface area contributed by atoms with Crippen molar-refractivity contribution in [3.05, 3.63) is 12.2 Å². The zero-order chi connectivity index (χ0) is 11.1. The average molecular weight is 200 g/mol. The molecule has 0 saturated carbocycles. The summed E-state index contributed by atoms with van der Waals surface area (Å²) in [5.74, 6) is -2.26. The van der Waals surface area contributed by atoms with Crippen molar-refractivity contribution < 1.29 is 19.5 Å². The highest BCUT2D eigenvalue weighted by molar-refractivity contribution is 5.94. The quantitative estimate of drug-likeness (QED) is 0.308. The fraction of sp³-hybridized carbons (Fsp3) is 0.375. The molecule has 0 fully saturated rings. The van der Waals surface area contributed by atoms with Crippen molar-refractivity contribution in [2.24, 2.45) is 0 Å². The first-order chi connectivity index (χ1) is 6.43. The molecule has 6 heteroatoms. The highest BCUT2D eigenvalue weighted by Crippen LogP contribution is 1.84. The second kappa shape index (κ2) is 5.74. The van der Waals surface area contributed by atoms with Gasteiger partial charge in [-0.3, -0.25) is 14.4 Å². The molecule has 0 aromatic carbocycles. The van der Waals surface area contributed by atoms with Crippen LogP contribution in [0.3, 0.4) is 0 Å². The van der Waals surface area contributed by atoms with Crippen LogP contribution in [0, 0.1) is 0 Å². The minimum absolute atomic E-state index is 0.0994. The van der Waals surface area contributed by atoms with Crippen molar-refractivity contribution in [2.75, 3.05) is 6.67 Å². The fourth-order valence-electron chi connectivity index (χ4n) is 0.574. The number of carbonyl (C=O) groups excluding carboxylic acids is 2. The van der Waals surface area contributed by atoms with Crippen LogP contribution < -0.4 is 10.6 Å². The molecule has 0 rings (SSSR count). The van der Waals surface area contributed by atoms with Gasteiger partial charge in [-0.1, -0.05) is 6.58 Å². The first-order valence-corrected chi connectivity index (χ1v) is 3.85. The topological polar surface area (TPSA) is 95.5 Å². The van der Waals surface area contributed by atoms with E-state index in [0.29, 0.717) is 5.57 Å². The third kappa shape index (κ3) is 5.76. The summed E-state index contributed by atoms with van der Waals surface area (Å²) in [5.41, 5.74) is 0.317. The van der Waals surface area contributed by atoms with Crippen molar-refractivity contribution in [2.45, 2.75) is 13.3 Å². The number of nitrogens with one attached hydrogen (secondary N) is 2. The number of carboxylic acid groups (broad SMARTS) is 1. The van der Waals surface area contributed by atoms with Crippen LogP contribution in [-0.4, -0.2) is 29.6 Å². The molecule has 0 aliphatic carbocycles. The number of hydrogen-bond donors (Lipinski definition) is 3. The van der Waals surface area contributed by atoms with E-state index < -0.39 is 18.3 Å². The van der Waals surface area contributed by atoms with Gasteiger partial charge in [-0.25, -0.2) is 0 Å². The van der Waals surface area contributed by atoms with Gasteiger partial charge in [0.15, 0.2) is 0 Å². The molecule has 0 heterocycles. The van der Waals surface area contributed by atoms with Crippen LogP contribution in [0.4, 0.5) is 0 Å². The van der Waals surface area contributed by atoms with Crippen molar-refractivity contribution in [1.29, 1.82) is 0 Å². The molecule has 0 radical (unpaired) electrons. The Labute approximate surface area is 81.0 Å². The summed E-state index contributed by atoms with van der Waals surface area (Å²) in [7, 11) is 0. The minimum Gasteiger partial charge on any atom is -0.481 e. The molecular weight excluding hydrogens is 188 g/mol. The Kier molecular flexibility index (Phi) is 4.98. The second-order valence-corrected chi connectivity index (χ2v) is 2.63. The van der Waals surface area contributed by atoms with Crippen LogP contribution in [-0.2, 0) is 14.4 Å². The summed E-state index contributed by atoms with van der Waals surface area (Å²) in [6.07, 6.45) is -0.608. The zero-order valence-electron chi connectivity index (χ0n) is 7.79. The second-order valence-electron chi connectivity index (χ2n) is 2.63. The van der Waals surface area contributed by atoms with E-state index in [-0.39, 0.29) is 12.6 Å². The van der Waals surface area contributed by atoms with Crippen LogP contribution in [0.2, 0.25) is 0 Å². The number of hydrogen-bond acceptors (Lipinski definition) is 3. The molecule has 3 N–H and O–H groups in total. The Balaban J connectivity index is 3.64. The smallest absolute Gasteiger partial charge is 0.312 e. The predicted molar refractivity (Wildman–Crippen MR) is 48.2 cm³/mol. The zero-order valence-corrected chi connectivity index (χ0v) is 7.79. The van der Waals surface area contributed by atoms with E-state index in [4.69, 9.17) is 5.11 Å². The average Bonchev–Trinajstić information content (AvgIpc) is 2.02. The van der Waals surface area contributed by atoms with E-state index >= 15 is 0 Å². The molecule has 0 aliphatic heterocycles. The van der Waals surface area contributed by atoms with Gasteiger partial charge in [0.05, 0.1) is 6.67 Å². The maximum atomic E-state index is 10.9. The van der Waals surface area contributed by atoms with Gasteiger partial charge < -0.3 is 15.7 Å². The van der Waals surface area contributed by atoms with Gasteiger partial charge in [-0.05, 0) is 6.92 Å². The summed E-state index contributed by atoms with van der Waals surface area (Å²) >= 11 is 0. The number of aliphatic carboxylic acids is 1. The van der Waals surface area contributed by atoms with Crippen LogP contribution in [0.15, 0.2) is 12.2 Å². The lowest BCUT2D eigenvalue weighted by Gasteiger charge is -2.05. The molecule has 0 atom stereocenters. The molecule has 0 saturated heterocycles. The van der Waals surface area contributed by atoms with Crippen molar-refractivity contribution in [3.63, 3.8) is 0 Å². The SMILES string of the molecule is C=C(C)C(=O)NCNC(=O)CC(=O)O. The number of carboxylic acids is 1. The van der Waals surface area contributed by atoms with E-state index in [2.05, 4.69) is 17.2 Å². The standard InChI is InChI=1S/C8H12N2O4/c1-5(2)8(14)10-4-9-6(11)3-7(12)13/h1,3-4H2,2H3,(H,9,11)(H,10,14)(H,12,13). The van der Waals surface area contributed by atoms with E-state index in [1.807, 2.05) is 0 Å². The number of rotatable bonds is 5. The van der Waals surface area contributed by atoms with Crippen molar-refractivity contribution in [1.82, 2.24) is 10.6 Å². The van der Waals surface area contributed by atoms with Gasteiger partial charge in [-0.2, -0.15) is 0 Å². The van der Waals surface area contributed by atoms with Gasteiger partial charge in [-0.15, -0.1) is 0 Å². The fourth-order valence-corrected chi connectivity index (χ4v) is 0.574. The van der Waals surface area contributed by atoms with E-state index in [1.54, 1.807) is 0 Å². The maximum absolute atomic E-state index is 10.9. The Hall–Kier alpha value is -1.85. The minimum atomic E-state index is -1.21. The lowest BCUT2D eigenvalue weighted by atomic mass is 10.3. The summed E-state index contributed by atoms with van der Waals surface area (Å²) in [6.45, 7) is 4.81. The van der Waals surface area contributed by atoms with E-state index in [9.17, 15) is 14.4 Å². The highest BCUT2D eigenvalue weighted by Gasteiger charge is 2.06. The molecule has 14 heavy (non-hydrogen) atoms. The van der Waals surface area contributed by atoms with E-state index in [1.165, 1.54) is 6.92 Å². The number of carbonyl (C=O) groups is 3. The van der Waals surface area contributed by atoms with Gasteiger partial charge in [0, 0.05) is 5.57 Å². The summed E-state index contributed by atoms with van der Waals surface area (Å²) in [4.78, 5) is 31.7. The van der Waals surface area contributed by atoms with E-state index in [0.717, 1.165) is 0 Å². The molecule has 0 bridgehead atoms. The van der Waals surface area contributed by atoms with Crippen molar-refractivity contribution >= 4 is 17.8 Å². The van der Waals surface area contributed by atoms with Crippen LogP contribution >= 0.6 is 0 Å². The third-order valence-electron chi connectivity index (χ3n) is 1.23. The molecule has 0 spiro atoms. The number of amides is 2. The van der Waals surface area contributed by atoms with Gasteiger partial charge in [0.1, 0.15) is 6.42 Å². The molecule has 0 unspecified atom stereocenters. The molecule has 0 aromatic rings. The summed E-state index contributed by atoms with van der Waals surface area (Å²) in [5, 5.41) is 12.7. The third-order valence-corrected chi connectivity index (χ3v) is 1.23. The Morgan fingerprint density at radius 3 is 2.29 bits per heavy atom. The Morgan fingerprint density at radius 2 is 1.86 bits per heavy atom. The van der Waals surface area contributed by atoms with Gasteiger partial charge in [0.2, 0.25) is 11.8 Å². The van der Waals surface area contributed by atoms with Crippen LogP contribution in [0.25, 0.3) is 0 Å². The van der Waals surface area contributed by atoms with Gasteiger partial charge >= 0.3 is 5.97 Å². The first-order valence-electron chi connectivity index (χ1n) is 3.85. The summed E-state index contributed by atoms with van der Waals surface area (Å²) in [6, 6.07) is 0. The molecule has 6 nitrogen and oxygen atoms in total. The van der Waals surface area contributed by atoms with Gasteiger partial charge in [0.25, 0.3) is 0 Å². The maximum Gasteiger partial charge on any atom is 0.312 e.